The number of anilines is 1. The summed E-state index contributed by atoms with van der Waals surface area (Å²) in [6.07, 6.45) is 1.65. The Morgan fingerprint density at radius 3 is 2.43 bits per heavy atom. The topological polar surface area (TPSA) is 72.2 Å². The Morgan fingerprint density at radius 2 is 2.00 bits per heavy atom. The van der Waals surface area contributed by atoms with Crippen LogP contribution in [-0.2, 0) is 0 Å². The maximum absolute atomic E-state index is 10.9. The van der Waals surface area contributed by atoms with E-state index in [1.54, 1.807) is 6.26 Å². The first-order chi connectivity index (χ1) is 6.63. The lowest BCUT2D eigenvalue weighted by Crippen LogP contribution is -2.03. The van der Waals surface area contributed by atoms with Crippen LogP contribution in [0.5, 0.6) is 0 Å². The molecule has 0 radical (unpaired) electrons. The molecule has 0 aliphatic rings. The molecule has 1 amide bonds. The molecule has 1 aromatic carbocycles. The highest BCUT2D eigenvalue weighted by Gasteiger charge is 2.04. The second-order valence-corrected chi connectivity index (χ2v) is 3.20. The molecule has 1 aromatic rings. The lowest BCUT2D eigenvalue weighted by molar-refractivity contribution is -0.384. The van der Waals surface area contributed by atoms with Gasteiger partial charge < -0.3 is 5.32 Å². The normalized spacial score (nSPS) is 9.50. The van der Waals surface area contributed by atoms with Gasteiger partial charge in [-0.1, -0.05) is 11.8 Å². The molecule has 0 spiro atoms. The Bertz CT molecular complexity index is 350. The smallest absolute Gasteiger partial charge is 0.283 e. The number of nitrogens with zero attached hydrogens (tertiary/aromatic N) is 1. The van der Waals surface area contributed by atoms with E-state index in [0.717, 1.165) is 11.8 Å². The van der Waals surface area contributed by atoms with E-state index in [-0.39, 0.29) is 10.9 Å². The van der Waals surface area contributed by atoms with Gasteiger partial charge in [0.1, 0.15) is 0 Å². The van der Waals surface area contributed by atoms with Crippen LogP contribution in [0.1, 0.15) is 0 Å². The molecule has 0 bridgehead atoms. The molecular weight excluding hydrogens is 204 g/mol. The molecule has 14 heavy (non-hydrogen) atoms. The van der Waals surface area contributed by atoms with Crippen molar-refractivity contribution in [1.29, 1.82) is 0 Å². The fourth-order valence-corrected chi connectivity index (χ4v) is 1.06. The third kappa shape index (κ3) is 2.74. The summed E-state index contributed by atoms with van der Waals surface area (Å²) in [6, 6.07) is 5.67. The van der Waals surface area contributed by atoms with Gasteiger partial charge >= 0.3 is 0 Å². The number of nitro groups is 1. The molecule has 0 fully saturated rings. The number of hydrogen-bond donors (Lipinski definition) is 1. The van der Waals surface area contributed by atoms with Crippen LogP contribution in [0, 0.1) is 10.1 Å². The predicted octanol–water partition coefficient (Wildman–Crippen LogP) is 2.49. The summed E-state index contributed by atoms with van der Waals surface area (Å²) in [5, 5.41) is 12.7. The predicted molar refractivity (Wildman–Crippen MR) is 55.6 cm³/mol. The van der Waals surface area contributed by atoms with Crippen molar-refractivity contribution < 1.29 is 9.72 Å². The lowest BCUT2D eigenvalue weighted by Gasteiger charge is -2.01. The van der Waals surface area contributed by atoms with E-state index in [1.807, 2.05) is 0 Å². The Hall–Kier alpha value is -1.56. The van der Waals surface area contributed by atoms with E-state index >= 15 is 0 Å². The standard InChI is InChI=1S/C8H8N2O3S/c1-14-8(11)9-6-2-4-7(5-3-6)10(12)13/h2-5H,1H3,(H,9,11). The highest BCUT2D eigenvalue weighted by molar-refractivity contribution is 8.13. The Morgan fingerprint density at radius 1 is 1.43 bits per heavy atom. The van der Waals surface area contributed by atoms with Gasteiger partial charge in [-0.05, 0) is 18.4 Å². The molecule has 1 N–H and O–H groups in total. The maximum atomic E-state index is 10.9. The summed E-state index contributed by atoms with van der Waals surface area (Å²) in [5.74, 6) is 0. The number of benzene rings is 1. The Kier molecular flexibility index (Phi) is 3.47. The summed E-state index contributed by atoms with van der Waals surface area (Å²) in [5.41, 5.74) is 0.558. The number of non-ortho nitro benzene ring substituents is 1. The molecule has 0 saturated heterocycles. The van der Waals surface area contributed by atoms with Gasteiger partial charge in [-0.15, -0.1) is 0 Å². The first-order valence-corrected chi connectivity index (χ1v) is 4.95. The molecule has 5 nitrogen and oxygen atoms in total. The van der Waals surface area contributed by atoms with E-state index in [2.05, 4.69) is 5.32 Å². The van der Waals surface area contributed by atoms with Gasteiger partial charge in [0.15, 0.2) is 0 Å². The molecule has 0 unspecified atom stereocenters. The van der Waals surface area contributed by atoms with Gasteiger partial charge in [0.05, 0.1) is 4.92 Å². The van der Waals surface area contributed by atoms with Crippen molar-refractivity contribution in [3.05, 3.63) is 34.4 Å². The van der Waals surface area contributed by atoms with Crippen LogP contribution in [0.4, 0.5) is 16.2 Å². The number of carbonyl (C=O) groups excluding carboxylic acids is 1. The van der Waals surface area contributed by atoms with Crippen LogP contribution in [0.25, 0.3) is 0 Å². The second kappa shape index (κ2) is 4.61. The first kappa shape index (κ1) is 10.5. The zero-order chi connectivity index (χ0) is 10.6. The fourth-order valence-electron chi connectivity index (χ4n) is 0.835. The largest absolute Gasteiger partial charge is 0.317 e. The average molecular weight is 212 g/mol. The van der Waals surface area contributed by atoms with Crippen molar-refractivity contribution in [2.45, 2.75) is 0 Å². The van der Waals surface area contributed by atoms with Crippen molar-refractivity contribution in [3.8, 4) is 0 Å². The van der Waals surface area contributed by atoms with Crippen LogP contribution in [0.2, 0.25) is 0 Å². The number of nitro benzene ring substituents is 1. The van der Waals surface area contributed by atoms with Gasteiger partial charge in [-0.25, -0.2) is 0 Å². The molecule has 0 atom stereocenters. The molecule has 1 rings (SSSR count). The lowest BCUT2D eigenvalue weighted by atomic mass is 10.3. The van der Waals surface area contributed by atoms with Crippen LogP contribution in [0.3, 0.4) is 0 Å². The zero-order valence-electron chi connectivity index (χ0n) is 7.39. The highest BCUT2D eigenvalue weighted by Crippen LogP contribution is 2.16. The van der Waals surface area contributed by atoms with Crippen LogP contribution >= 0.6 is 11.8 Å². The molecule has 0 aliphatic heterocycles. The Balaban J connectivity index is 2.73. The first-order valence-electron chi connectivity index (χ1n) is 3.73. The van der Waals surface area contributed by atoms with Crippen molar-refractivity contribution in [1.82, 2.24) is 0 Å². The number of carbonyl (C=O) groups is 1. The van der Waals surface area contributed by atoms with Gasteiger partial charge in [0, 0.05) is 17.8 Å². The minimum Gasteiger partial charge on any atom is -0.317 e. The van der Waals surface area contributed by atoms with E-state index in [1.165, 1.54) is 24.3 Å². The second-order valence-electron chi connectivity index (χ2n) is 2.42. The van der Waals surface area contributed by atoms with Crippen LogP contribution < -0.4 is 5.32 Å². The zero-order valence-corrected chi connectivity index (χ0v) is 8.21. The highest BCUT2D eigenvalue weighted by atomic mass is 32.2. The quantitative estimate of drug-likeness (QED) is 0.603. The number of nitrogens with one attached hydrogen (secondary N) is 1. The van der Waals surface area contributed by atoms with E-state index < -0.39 is 4.92 Å². The third-order valence-corrected chi connectivity index (χ3v) is 1.98. The minimum atomic E-state index is -0.486. The van der Waals surface area contributed by atoms with Crippen LogP contribution in [0.15, 0.2) is 24.3 Å². The third-order valence-electron chi connectivity index (χ3n) is 1.51. The van der Waals surface area contributed by atoms with Crippen molar-refractivity contribution in [2.24, 2.45) is 0 Å². The van der Waals surface area contributed by atoms with Crippen molar-refractivity contribution in [2.75, 3.05) is 11.6 Å². The molecule has 0 heterocycles. The average Bonchev–Trinajstić information content (AvgIpc) is 2.18. The summed E-state index contributed by atoms with van der Waals surface area (Å²) in [6.45, 7) is 0. The van der Waals surface area contributed by atoms with Gasteiger partial charge in [-0.2, -0.15) is 0 Å². The SMILES string of the molecule is CSC(=O)Nc1ccc([N+](=O)[O-])cc1. The maximum Gasteiger partial charge on any atom is 0.283 e. The molecule has 74 valence electrons. The van der Waals surface area contributed by atoms with Crippen molar-refractivity contribution >= 4 is 28.4 Å². The number of rotatable bonds is 2. The van der Waals surface area contributed by atoms with Gasteiger partial charge in [0.2, 0.25) is 0 Å². The number of amides is 1. The fraction of sp³-hybridized carbons (Fsp3) is 0.125. The number of thioether (sulfide) groups is 1. The molecule has 0 aliphatic carbocycles. The molecule has 6 heteroatoms. The summed E-state index contributed by atoms with van der Waals surface area (Å²) < 4.78 is 0. The van der Waals surface area contributed by atoms with Gasteiger partial charge in [0.25, 0.3) is 10.9 Å². The van der Waals surface area contributed by atoms with E-state index in [0.29, 0.717) is 5.69 Å². The van der Waals surface area contributed by atoms with Gasteiger partial charge in [-0.3, -0.25) is 14.9 Å². The molecule has 0 aromatic heterocycles. The van der Waals surface area contributed by atoms with Crippen molar-refractivity contribution in [3.63, 3.8) is 0 Å². The summed E-state index contributed by atoms with van der Waals surface area (Å²) >= 11 is 1.05. The number of hydrogen-bond acceptors (Lipinski definition) is 4. The Labute approximate surface area is 84.6 Å². The monoisotopic (exact) mass is 212 g/mol. The minimum absolute atomic E-state index is 0.00662. The van der Waals surface area contributed by atoms with Crippen LogP contribution in [-0.4, -0.2) is 16.4 Å². The van der Waals surface area contributed by atoms with E-state index in [9.17, 15) is 14.9 Å². The van der Waals surface area contributed by atoms with E-state index in [4.69, 9.17) is 0 Å². The molecular formula is C8H8N2O3S. The summed E-state index contributed by atoms with van der Waals surface area (Å²) in [4.78, 5) is 20.7. The molecule has 0 saturated carbocycles. The summed E-state index contributed by atoms with van der Waals surface area (Å²) in [7, 11) is 0.